The van der Waals surface area contributed by atoms with Gasteiger partial charge in [-0.05, 0) is 36.1 Å². The van der Waals surface area contributed by atoms with E-state index in [4.69, 9.17) is 0 Å². The van der Waals surface area contributed by atoms with Crippen LogP contribution < -0.4 is 0 Å². The summed E-state index contributed by atoms with van der Waals surface area (Å²) in [5.74, 6) is 0.908. The molecule has 0 aliphatic heterocycles. The minimum atomic E-state index is -0.229. The predicted octanol–water partition coefficient (Wildman–Crippen LogP) is 5.14. The number of aliphatic hydroxyl groups is 1. The van der Waals surface area contributed by atoms with Crippen molar-refractivity contribution >= 4 is 0 Å². The maximum absolute atomic E-state index is 9.71. The summed E-state index contributed by atoms with van der Waals surface area (Å²) in [5.41, 5.74) is 0. The number of rotatable bonds is 17. The van der Waals surface area contributed by atoms with Crippen LogP contribution >= 0.6 is 0 Å². The van der Waals surface area contributed by atoms with Crippen LogP contribution in [0.2, 0.25) is 0 Å². The molecule has 0 unspecified atom stereocenters. The Labute approximate surface area is 153 Å². The van der Waals surface area contributed by atoms with Gasteiger partial charge < -0.3 is 5.11 Å². The van der Waals surface area contributed by atoms with Gasteiger partial charge in [0, 0.05) is 6.42 Å². The summed E-state index contributed by atoms with van der Waals surface area (Å²) < 4.78 is 0. The summed E-state index contributed by atoms with van der Waals surface area (Å²) in [4.78, 5) is 0. The number of aromatic amines is 1. The largest absolute Gasteiger partial charge is 0.389 e. The van der Waals surface area contributed by atoms with E-state index >= 15 is 0 Å². The molecule has 5 nitrogen and oxygen atoms in total. The first-order valence-corrected chi connectivity index (χ1v) is 10.4. The van der Waals surface area contributed by atoms with Gasteiger partial charge >= 0.3 is 0 Å². The molecular formula is C20H38N4O. The third-order valence-corrected chi connectivity index (χ3v) is 4.64. The Morgan fingerprint density at radius 3 is 2.16 bits per heavy atom. The molecule has 0 saturated heterocycles. The second-order valence-electron chi connectivity index (χ2n) is 7.06. The average Bonchev–Trinajstić information content (AvgIpc) is 3.13. The number of tetrazole rings is 1. The van der Waals surface area contributed by atoms with Crippen LogP contribution in [-0.4, -0.2) is 31.8 Å². The molecule has 0 spiro atoms. The molecule has 0 aliphatic carbocycles. The first-order chi connectivity index (χ1) is 12.3. The second kappa shape index (κ2) is 16.2. The van der Waals surface area contributed by atoms with Gasteiger partial charge in [-0.2, -0.15) is 0 Å². The summed E-state index contributed by atoms with van der Waals surface area (Å²) in [7, 11) is 0. The van der Waals surface area contributed by atoms with Gasteiger partial charge in [0.05, 0.1) is 6.10 Å². The Hall–Kier alpha value is -1.23. The maximum atomic E-state index is 9.71. The fraction of sp³-hybridized carbons (Fsp3) is 0.850. The Morgan fingerprint density at radius 1 is 0.920 bits per heavy atom. The quantitative estimate of drug-likeness (QED) is 0.301. The molecule has 0 radical (unpaired) electrons. The van der Waals surface area contributed by atoms with Gasteiger partial charge in [-0.25, -0.2) is 5.10 Å². The Morgan fingerprint density at radius 2 is 1.56 bits per heavy atom. The maximum Gasteiger partial charge on any atom is 0.148 e. The van der Waals surface area contributed by atoms with E-state index in [0.717, 1.165) is 37.9 Å². The number of hydrogen-bond donors (Lipinski definition) is 2. The topological polar surface area (TPSA) is 74.7 Å². The molecule has 0 saturated carbocycles. The second-order valence-corrected chi connectivity index (χ2v) is 7.06. The molecular weight excluding hydrogens is 312 g/mol. The molecule has 1 aromatic heterocycles. The molecule has 0 fully saturated rings. The number of unbranched alkanes of at least 4 members (excludes halogenated alkanes) is 11. The van der Waals surface area contributed by atoms with Crippen LogP contribution in [0.1, 0.15) is 103 Å². The van der Waals surface area contributed by atoms with Gasteiger partial charge in [0.25, 0.3) is 0 Å². The van der Waals surface area contributed by atoms with Crippen molar-refractivity contribution in [3.8, 4) is 0 Å². The molecule has 0 amide bonds. The lowest BCUT2D eigenvalue weighted by molar-refractivity contribution is 0.209. The summed E-state index contributed by atoms with van der Waals surface area (Å²) in [6.07, 6.45) is 22.3. The molecule has 25 heavy (non-hydrogen) atoms. The smallest absolute Gasteiger partial charge is 0.148 e. The third kappa shape index (κ3) is 13.7. The zero-order valence-electron chi connectivity index (χ0n) is 16.1. The van der Waals surface area contributed by atoms with E-state index in [9.17, 15) is 5.11 Å². The van der Waals surface area contributed by atoms with Gasteiger partial charge in [-0.3, -0.25) is 0 Å². The van der Waals surface area contributed by atoms with Crippen LogP contribution in [0.3, 0.4) is 0 Å². The van der Waals surface area contributed by atoms with E-state index in [1.54, 1.807) is 0 Å². The molecule has 1 atom stereocenters. The van der Waals surface area contributed by atoms with Crippen molar-refractivity contribution in [1.82, 2.24) is 20.6 Å². The zero-order chi connectivity index (χ0) is 18.0. The summed E-state index contributed by atoms with van der Waals surface area (Å²) in [6, 6.07) is 0. The lowest BCUT2D eigenvalue weighted by Crippen LogP contribution is -2.00. The lowest BCUT2D eigenvalue weighted by atomic mass is 10.0. The fourth-order valence-corrected chi connectivity index (χ4v) is 3.02. The predicted molar refractivity (Wildman–Crippen MR) is 103 cm³/mol. The number of allylic oxidation sites excluding steroid dienone is 1. The fourth-order valence-electron chi connectivity index (χ4n) is 3.02. The van der Waals surface area contributed by atoms with Crippen molar-refractivity contribution in [3.05, 3.63) is 18.0 Å². The minimum absolute atomic E-state index is 0.229. The highest BCUT2D eigenvalue weighted by molar-refractivity contribution is 4.88. The van der Waals surface area contributed by atoms with Crippen LogP contribution in [0, 0.1) is 0 Å². The lowest BCUT2D eigenvalue weighted by Gasteiger charge is -2.03. The molecule has 2 N–H and O–H groups in total. The SMILES string of the molecule is CCCC[C@@H](O)C=CCCCCCCCCCCCCc1nnn[nH]1. The van der Waals surface area contributed by atoms with E-state index in [-0.39, 0.29) is 6.10 Å². The standard InChI is InChI=1S/C20H38N4O/c1-2-3-16-19(25)17-14-12-10-8-6-4-5-7-9-11-13-15-18-20-21-23-24-22-20/h14,17,19,25H,2-13,15-16,18H2,1H3,(H,21,22,23,24)/t19-/m1/s1. The van der Waals surface area contributed by atoms with E-state index < -0.39 is 0 Å². The zero-order valence-corrected chi connectivity index (χ0v) is 16.1. The highest BCUT2D eigenvalue weighted by atomic mass is 16.3. The first-order valence-electron chi connectivity index (χ1n) is 10.4. The van der Waals surface area contributed by atoms with Crippen molar-refractivity contribution in [2.45, 2.75) is 109 Å². The van der Waals surface area contributed by atoms with Crippen LogP contribution in [0.5, 0.6) is 0 Å². The Bertz CT molecular complexity index is 406. The van der Waals surface area contributed by atoms with E-state index in [1.807, 2.05) is 6.08 Å². The number of nitrogens with zero attached hydrogens (tertiary/aromatic N) is 3. The molecule has 0 aliphatic rings. The van der Waals surface area contributed by atoms with Gasteiger partial charge in [0.15, 0.2) is 0 Å². The Kier molecular flexibility index (Phi) is 14.2. The molecule has 1 rings (SSSR count). The van der Waals surface area contributed by atoms with E-state index in [2.05, 4.69) is 33.6 Å². The van der Waals surface area contributed by atoms with Crippen molar-refractivity contribution in [2.75, 3.05) is 0 Å². The molecule has 0 bridgehead atoms. The van der Waals surface area contributed by atoms with Crippen molar-refractivity contribution in [1.29, 1.82) is 0 Å². The van der Waals surface area contributed by atoms with Crippen molar-refractivity contribution in [2.24, 2.45) is 0 Å². The number of aryl methyl sites for hydroxylation is 1. The first kappa shape index (κ1) is 21.8. The third-order valence-electron chi connectivity index (χ3n) is 4.64. The number of hydrogen-bond acceptors (Lipinski definition) is 4. The number of nitrogens with one attached hydrogen (secondary N) is 1. The molecule has 5 heteroatoms. The van der Waals surface area contributed by atoms with Gasteiger partial charge in [-0.15, -0.1) is 5.10 Å². The highest BCUT2D eigenvalue weighted by Gasteiger charge is 1.98. The molecule has 1 heterocycles. The summed E-state index contributed by atoms with van der Waals surface area (Å²) >= 11 is 0. The van der Waals surface area contributed by atoms with E-state index in [1.165, 1.54) is 64.2 Å². The highest BCUT2D eigenvalue weighted by Crippen LogP contribution is 2.12. The molecule has 144 valence electrons. The monoisotopic (exact) mass is 350 g/mol. The van der Waals surface area contributed by atoms with Crippen LogP contribution in [-0.2, 0) is 6.42 Å². The molecule has 0 aromatic carbocycles. The minimum Gasteiger partial charge on any atom is -0.389 e. The van der Waals surface area contributed by atoms with Gasteiger partial charge in [0.2, 0.25) is 0 Å². The van der Waals surface area contributed by atoms with E-state index in [0.29, 0.717) is 0 Å². The summed E-state index contributed by atoms with van der Waals surface area (Å²) in [6.45, 7) is 2.16. The van der Waals surface area contributed by atoms with Crippen molar-refractivity contribution < 1.29 is 5.11 Å². The van der Waals surface area contributed by atoms with Gasteiger partial charge in [-0.1, -0.05) is 83.3 Å². The van der Waals surface area contributed by atoms with Gasteiger partial charge in [0.1, 0.15) is 5.82 Å². The number of aromatic nitrogens is 4. The Balaban J connectivity index is 1.75. The number of aliphatic hydroxyl groups excluding tert-OH is 1. The average molecular weight is 351 g/mol. The number of H-pyrrole nitrogens is 1. The normalized spacial score (nSPS) is 12.9. The van der Waals surface area contributed by atoms with Crippen LogP contribution in [0.25, 0.3) is 0 Å². The van der Waals surface area contributed by atoms with Crippen LogP contribution in [0.4, 0.5) is 0 Å². The molecule has 1 aromatic rings. The van der Waals surface area contributed by atoms with Crippen molar-refractivity contribution in [3.63, 3.8) is 0 Å². The van der Waals surface area contributed by atoms with Crippen LogP contribution in [0.15, 0.2) is 12.2 Å². The summed E-state index contributed by atoms with van der Waals surface area (Å²) in [5, 5.41) is 23.6.